The molecule has 1 aromatic carbocycles. The molecule has 1 nitrogen and oxygen atoms in total. The summed E-state index contributed by atoms with van der Waals surface area (Å²) in [7, 11) is 0. The predicted molar refractivity (Wildman–Crippen MR) is 76.4 cm³/mol. The molecule has 0 aliphatic heterocycles. The van der Waals surface area contributed by atoms with Crippen molar-refractivity contribution < 1.29 is 0 Å². The van der Waals surface area contributed by atoms with E-state index in [1.807, 2.05) is 0 Å². The Labute approximate surface area is 106 Å². The van der Waals surface area contributed by atoms with Gasteiger partial charge in [-0.2, -0.15) is 0 Å². The fourth-order valence-electron chi connectivity index (χ4n) is 2.37. The summed E-state index contributed by atoms with van der Waals surface area (Å²) < 4.78 is 0. The standard InChI is InChI=1S/C16H25N/c1-6-12-17-15(13(2)3)16(4,5)14-10-8-7-9-11-14/h7-11,15,17H,2,6,12H2,1,3-5H3. The third-order valence-electron chi connectivity index (χ3n) is 3.33. The van der Waals surface area contributed by atoms with Gasteiger partial charge in [0.05, 0.1) is 0 Å². The van der Waals surface area contributed by atoms with E-state index in [4.69, 9.17) is 0 Å². The smallest absolute Gasteiger partial charge is 0.0366 e. The van der Waals surface area contributed by atoms with Crippen LogP contribution in [-0.2, 0) is 5.41 Å². The molecule has 1 atom stereocenters. The van der Waals surface area contributed by atoms with Crippen LogP contribution < -0.4 is 5.32 Å². The van der Waals surface area contributed by atoms with Gasteiger partial charge in [-0.3, -0.25) is 0 Å². The lowest BCUT2D eigenvalue weighted by molar-refractivity contribution is 0.380. The van der Waals surface area contributed by atoms with Gasteiger partial charge in [0.25, 0.3) is 0 Å². The lowest BCUT2D eigenvalue weighted by atomic mass is 9.75. The number of hydrogen-bond acceptors (Lipinski definition) is 1. The number of hydrogen-bond donors (Lipinski definition) is 1. The molecular weight excluding hydrogens is 206 g/mol. The van der Waals surface area contributed by atoms with Crippen LogP contribution in [0.15, 0.2) is 42.5 Å². The quantitative estimate of drug-likeness (QED) is 0.732. The lowest BCUT2D eigenvalue weighted by Gasteiger charge is -2.36. The third-order valence-corrected chi connectivity index (χ3v) is 3.33. The van der Waals surface area contributed by atoms with E-state index >= 15 is 0 Å². The molecule has 17 heavy (non-hydrogen) atoms. The summed E-state index contributed by atoms with van der Waals surface area (Å²) in [6.45, 7) is 14.0. The van der Waals surface area contributed by atoms with Gasteiger partial charge >= 0.3 is 0 Å². The van der Waals surface area contributed by atoms with Crippen molar-refractivity contribution in [3.8, 4) is 0 Å². The zero-order chi connectivity index (χ0) is 12.9. The first-order chi connectivity index (χ1) is 8.00. The lowest BCUT2D eigenvalue weighted by Crippen LogP contribution is -2.45. The fraction of sp³-hybridized carbons (Fsp3) is 0.500. The minimum Gasteiger partial charge on any atom is -0.309 e. The number of nitrogens with one attached hydrogen (secondary N) is 1. The Balaban J connectivity index is 2.95. The van der Waals surface area contributed by atoms with Crippen molar-refractivity contribution >= 4 is 0 Å². The summed E-state index contributed by atoms with van der Waals surface area (Å²) in [5.74, 6) is 0. The van der Waals surface area contributed by atoms with Crippen molar-refractivity contribution in [1.29, 1.82) is 0 Å². The molecule has 0 aromatic heterocycles. The van der Waals surface area contributed by atoms with Gasteiger partial charge in [-0.1, -0.05) is 63.3 Å². The average Bonchev–Trinajstić information content (AvgIpc) is 2.30. The van der Waals surface area contributed by atoms with Gasteiger partial charge in [0, 0.05) is 11.5 Å². The second kappa shape index (κ2) is 6.02. The van der Waals surface area contributed by atoms with E-state index < -0.39 is 0 Å². The molecule has 0 aliphatic rings. The van der Waals surface area contributed by atoms with E-state index in [0.717, 1.165) is 13.0 Å². The van der Waals surface area contributed by atoms with Gasteiger partial charge in [-0.05, 0) is 25.5 Å². The Hall–Kier alpha value is -1.08. The van der Waals surface area contributed by atoms with Gasteiger partial charge in [0.15, 0.2) is 0 Å². The predicted octanol–water partition coefficient (Wildman–Crippen LogP) is 3.91. The van der Waals surface area contributed by atoms with Crippen molar-refractivity contribution in [3.05, 3.63) is 48.0 Å². The first-order valence-electron chi connectivity index (χ1n) is 6.44. The van der Waals surface area contributed by atoms with Crippen LogP contribution in [0, 0.1) is 0 Å². The molecule has 0 radical (unpaired) electrons. The van der Waals surface area contributed by atoms with E-state index in [1.165, 1.54) is 11.1 Å². The molecule has 0 spiro atoms. The molecule has 0 fully saturated rings. The second-order valence-corrected chi connectivity index (χ2v) is 5.32. The van der Waals surface area contributed by atoms with Crippen LogP contribution in [0.3, 0.4) is 0 Å². The van der Waals surface area contributed by atoms with Gasteiger partial charge in [-0.25, -0.2) is 0 Å². The van der Waals surface area contributed by atoms with Gasteiger partial charge in [-0.15, -0.1) is 0 Å². The molecule has 1 heteroatoms. The molecule has 0 heterocycles. The highest BCUT2D eigenvalue weighted by Crippen LogP contribution is 2.30. The average molecular weight is 231 g/mol. The molecule has 0 saturated carbocycles. The highest BCUT2D eigenvalue weighted by molar-refractivity contribution is 5.29. The van der Waals surface area contributed by atoms with E-state index in [2.05, 4.69) is 69.9 Å². The van der Waals surface area contributed by atoms with Crippen molar-refractivity contribution in [1.82, 2.24) is 5.32 Å². The minimum atomic E-state index is 0.0717. The third kappa shape index (κ3) is 3.44. The SMILES string of the molecule is C=C(C)C(NCCC)C(C)(C)c1ccccc1. The minimum absolute atomic E-state index is 0.0717. The Morgan fingerprint density at radius 3 is 2.35 bits per heavy atom. The van der Waals surface area contributed by atoms with Gasteiger partial charge in [0.2, 0.25) is 0 Å². The van der Waals surface area contributed by atoms with Crippen molar-refractivity contribution in [2.24, 2.45) is 0 Å². The van der Waals surface area contributed by atoms with Crippen LogP contribution in [-0.4, -0.2) is 12.6 Å². The molecular formula is C16H25N. The maximum atomic E-state index is 4.14. The molecule has 94 valence electrons. The summed E-state index contributed by atoms with van der Waals surface area (Å²) in [4.78, 5) is 0. The second-order valence-electron chi connectivity index (χ2n) is 5.32. The van der Waals surface area contributed by atoms with Crippen LogP contribution >= 0.6 is 0 Å². The monoisotopic (exact) mass is 231 g/mol. The van der Waals surface area contributed by atoms with Crippen molar-refractivity contribution in [2.75, 3.05) is 6.54 Å². The molecule has 0 amide bonds. The Kier molecular flexibility index (Phi) is 4.95. The van der Waals surface area contributed by atoms with Crippen LogP contribution in [0.25, 0.3) is 0 Å². The normalized spacial score (nSPS) is 13.4. The first kappa shape index (κ1) is 14.0. The largest absolute Gasteiger partial charge is 0.309 e. The number of rotatable bonds is 6. The Morgan fingerprint density at radius 2 is 1.88 bits per heavy atom. The van der Waals surface area contributed by atoms with Crippen LogP contribution in [0.5, 0.6) is 0 Å². The van der Waals surface area contributed by atoms with Gasteiger partial charge < -0.3 is 5.32 Å². The molecule has 1 N–H and O–H groups in total. The van der Waals surface area contributed by atoms with E-state index in [-0.39, 0.29) is 5.41 Å². The molecule has 1 rings (SSSR count). The van der Waals surface area contributed by atoms with Gasteiger partial charge in [0.1, 0.15) is 0 Å². The molecule has 0 saturated heterocycles. The molecule has 0 bridgehead atoms. The summed E-state index contributed by atoms with van der Waals surface area (Å²) in [5.41, 5.74) is 2.63. The van der Waals surface area contributed by atoms with Crippen LogP contribution in [0.4, 0.5) is 0 Å². The van der Waals surface area contributed by atoms with E-state index in [9.17, 15) is 0 Å². The maximum Gasteiger partial charge on any atom is 0.0366 e. The molecule has 1 unspecified atom stereocenters. The number of benzene rings is 1. The highest BCUT2D eigenvalue weighted by Gasteiger charge is 2.31. The Bertz CT molecular complexity index is 351. The van der Waals surface area contributed by atoms with E-state index in [1.54, 1.807) is 0 Å². The topological polar surface area (TPSA) is 12.0 Å². The van der Waals surface area contributed by atoms with Crippen LogP contribution in [0.1, 0.15) is 39.7 Å². The zero-order valence-corrected chi connectivity index (χ0v) is 11.6. The first-order valence-corrected chi connectivity index (χ1v) is 6.44. The zero-order valence-electron chi connectivity index (χ0n) is 11.6. The maximum absolute atomic E-state index is 4.14. The van der Waals surface area contributed by atoms with Crippen LogP contribution in [0.2, 0.25) is 0 Å². The molecule has 0 aliphatic carbocycles. The summed E-state index contributed by atoms with van der Waals surface area (Å²) in [6, 6.07) is 11.0. The molecule has 1 aromatic rings. The summed E-state index contributed by atoms with van der Waals surface area (Å²) in [5, 5.41) is 3.61. The summed E-state index contributed by atoms with van der Waals surface area (Å²) >= 11 is 0. The van der Waals surface area contributed by atoms with Crippen molar-refractivity contribution in [2.45, 2.75) is 45.6 Å². The summed E-state index contributed by atoms with van der Waals surface area (Å²) in [6.07, 6.45) is 1.15. The fourth-order valence-corrected chi connectivity index (χ4v) is 2.37. The highest BCUT2D eigenvalue weighted by atomic mass is 14.9. The Morgan fingerprint density at radius 1 is 1.29 bits per heavy atom. The van der Waals surface area contributed by atoms with E-state index in [0.29, 0.717) is 6.04 Å². The van der Waals surface area contributed by atoms with Crippen molar-refractivity contribution in [3.63, 3.8) is 0 Å².